The zero-order valence-electron chi connectivity index (χ0n) is 18.1. The molecule has 0 saturated carbocycles. The molecule has 1 aliphatic heterocycles. The van der Waals surface area contributed by atoms with Crippen LogP contribution in [0, 0.1) is 0 Å². The second-order valence-electron chi connectivity index (χ2n) is 8.11. The Morgan fingerprint density at radius 1 is 0.781 bits per heavy atom. The Hall–Kier alpha value is -3.66. The van der Waals surface area contributed by atoms with E-state index in [1.54, 1.807) is 6.08 Å². The fourth-order valence-corrected chi connectivity index (χ4v) is 4.18. The normalized spacial score (nSPS) is 14.6. The van der Waals surface area contributed by atoms with Crippen molar-refractivity contribution in [2.24, 2.45) is 0 Å². The molecule has 1 fully saturated rings. The van der Waals surface area contributed by atoms with E-state index >= 15 is 0 Å². The van der Waals surface area contributed by atoms with Crippen molar-refractivity contribution in [3.05, 3.63) is 114 Å². The van der Waals surface area contributed by atoms with Gasteiger partial charge in [-0.1, -0.05) is 91.0 Å². The van der Waals surface area contributed by atoms with Crippen molar-refractivity contribution >= 4 is 17.9 Å². The number of carbonyl (C=O) groups is 2. The van der Waals surface area contributed by atoms with Crippen molar-refractivity contribution in [3.63, 3.8) is 0 Å². The lowest BCUT2D eigenvalue weighted by Crippen LogP contribution is -2.47. The maximum Gasteiger partial charge on any atom is 0.244 e. The third-order valence-electron chi connectivity index (χ3n) is 5.89. The third kappa shape index (κ3) is 5.52. The van der Waals surface area contributed by atoms with Crippen molar-refractivity contribution in [3.8, 4) is 0 Å². The Bertz CT molecular complexity index is 1000. The fourth-order valence-electron chi connectivity index (χ4n) is 4.18. The van der Waals surface area contributed by atoms with Crippen LogP contribution in [0.15, 0.2) is 97.1 Å². The Morgan fingerprint density at radius 3 is 1.81 bits per heavy atom. The minimum atomic E-state index is -0.308. The molecule has 0 spiro atoms. The van der Waals surface area contributed by atoms with Gasteiger partial charge in [-0.25, -0.2) is 0 Å². The van der Waals surface area contributed by atoms with Crippen LogP contribution >= 0.6 is 0 Å². The number of piperidine rings is 1. The van der Waals surface area contributed by atoms with E-state index in [1.165, 1.54) is 0 Å². The van der Waals surface area contributed by atoms with E-state index in [4.69, 9.17) is 0 Å². The van der Waals surface area contributed by atoms with Gasteiger partial charge in [0.15, 0.2) is 0 Å². The zero-order valence-corrected chi connectivity index (χ0v) is 18.1. The first-order valence-corrected chi connectivity index (χ1v) is 11.1. The number of amides is 2. The highest BCUT2D eigenvalue weighted by molar-refractivity contribution is 5.92. The van der Waals surface area contributed by atoms with Crippen LogP contribution in [0.1, 0.15) is 35.4 Å². The molecular formula is C28H28N2O2. The molecule has 4 heteroatoms. The third-order valence-corrected chi connectivity index (χ3v) is 5.89. The Morgan fingerprint density at radius 2 is 1.28 bits per heavy atom. The van der Waals surface area contributed by atoms with E-state index < -0.39 is 0 Å². The highest BCUT2D eigenvalue weighted by Crippen LogP contribution is 2.28. The maximum absolute atomic E-state index is 13.5. The number of likely N-dealkylation sites (tertiary alicyclic amines) is 1. The van der Waals surface area contributed by atoms with Gasteiger partial charge in [0.05, 0.1) is 5.92 Å². The molecule has 2 amide bonds. The van der Waals surface area contributed by atoms with Gasteiger partial charge in [-0.2, -0.15) is 0 Å². The Balaban J connectivity index is 1.37. The highest BCUT2D eigenvalue weighted by atomic mass is 16.2. The van der Waals surface area contributed by atoms with E-state index in [0.29, 0.717) is 13.1 Å². The van der Waals surface area contributed by atoms with Crippen LogP contribution in [0.5, 0.6) is 0 Å². The van der Waals surface area contributed by atoms with E-state index in [1.807, 2.05) is 102 Å². The predicted octanol–water partition coefficient (Wildman–Crippen LogP) is 4.64. The van der Waals surface area contributed by atoms with E-state index in [9.17, 15) is 9.59 Å². The molecule has 1 aliphatic rings. The highest BCUT2D eigenvalue weighted by Gasteiger charge is 2.30. The number of carbonyl (C=O) groups excluding carboxylic acids is 2. The maximum atomic E-state index is 13.5. The lowest BCUT2D eigenvalue weighted by molar-refractivity contribution is -0.133. The van der Waals surface area contributed by atoms with Gasteiger partial charge in [-0.05, 0) is 35.6 Å². The van der Waals surface area contributed by atoms with Gasteiger partial charge in [-0.15, -0.1) is 0 Å². The van der Waals surface area contributed by atoms with E-state index in [0.717, 1.165) is 29.5 Å². The molecule has 0 unspecified atom stereocenters. The standard InChI is InChI=1S/C28H28N2O2/c31-26(17-16-22-10-4-1-5-11-22)29-25-18-20-30(21-19-25)28(32)27(23-12-6-2-7-13-23)24-14-8-3-9-15-24/h1-17,25,27H,18-21H2,(H,29,31)/b17-16+. The van der Waals surface area contributed by atoms with Gasteiger partial charge in [0.1, 0.15) is 0 Å². The van der Waals surface area contributed by atoms with Crippen molar-refractivity contribution < 1.29 is 9.59 Å². The molecule has 0 radical (unpaired) electrons. The molecule has 1 N–H and O–H groups in total. The van der Waals surface area contributed by atoms with E-state index in [-0.39, 0.29) is 23.8 Å². The molecule has 3 aromatic rings. The van der Waals surface area contributed by atoms with E-state index in [2.05, 4.69) is 5.32 Å². The van der Waals surface area contributed by atoms with Crippen LogP contribution in [-0.2, 0) is 9.59 Å². The lowest BCUT2D eigenvalue weighted by atomic mass is 9.89. The number of hydrogen-bond acceptors (Lipinski definition) is 2. The molecule has 0 aromatic heterocycles. The molecular weight excluding hydrogens is 396 g/mol. The van der Waals surface area contributed by atoms with Crippen molar-refractivity contribution in [1.82, 2.24) is 10.2 Å². The molecule has 4 nitrogen and oxygen atoms in total. The van der Waals surface area contributed by atoms with Crippen LogP contribution in [0.2, 0.25) is 0 Å². The molecule has 1 heterocycles. The lowest BCUT2D eigenvalue weighted by Gasteiger charge is -2.34. The van der Waals surface area contributed by atoms with Gasteiger partial charge >= 0.3 is 0 Å². The fraction of sp³-hybridized carbons (Fsp3) is 0.214. The summed E-state index contributed by atoms with van der Waals surface area (Å²) in [5.41, 5.74) is 3.01. The van der Waals surface area contributed by atoms with Gasteiger partial charge < -0.3 is 10.2 Å². The minimum Gasteiger partial charge on any atom is -0.350 e. The van der Waals surface area contributed by atoms with Crippen molar-refractivity contribution in [2.75, 3.05) is 13.1 Å². The first-order valence-electron chi connectivity index (χ1n) is 11.1. The van der Waals surface area contributed by atoms with Crippen LogP contribution in [-0.4, -0.2) is 35.8 Å². The molecule has 32 heavy (non-hydrogen) atoms. The van der Waals surface area contributed by atoms with Crippen LogP contribution in [0.3, 0.4) is 0 Å². The minimum absolute atomic E-state index is 0.0823. The number of nitrogens with one attached hydrogen (secondary N) is 1. The summed E-state index contributed by atoms with van der Waals surface area (Å²) in [7, 11) is 0. The molecule has 0 atom stereocenters. The average molecular weight is 425 g/mol. The second kappa shape index (κ2) is 10.6. The predicted molar refractivity (Wildman–Crippen MR) is 128 cm³/mol. The summed E-state index contributed by atoms with van der Waals surface area (Å²) in [5, 5.41) is 3.08. The molecule has 3 aromatic carbocycles. The number of hydrogen-bond donors (Lipinski definition) is 1. The van der Waals surface area contributed by atoms with Gasteiger partial charge in [-0.3, -0.25) is 9.59 Å². The van der Waals surface area contributed by atoms with Gasteiger partial charge in [0.25, 0.3) is 0 Å². The number of benzene rings is 3. The monoisotopic (exact) mass is 424 g/mol. The summed E-state index contributed by atoms with van der Waals surface area (Å²) >= 11 is 0. The summed E-state index contributed by atoms with van der Waals surface area (Å²) < 4.78 is 0. The summed E-state index contributed by atoms with van der Waals surface area (Å²) in [6, 6.07) is 29.8. The Kier molecular flexibility index (Phi) is 7.13. The average Bonchev–Trinajstić information content (AvgIpc) is 2.85. The summed E-state index contributed by atoms with van der Waals surface area (Å²) in [4.78, 5) is 27.8. The summed E-state index contributed by atoms with van der Waals surface area (Å²) in [5.74, 6) is -0.279. The molecule has 0 aliphatic carbocycles. The van der Waals surface area contributed by atoms with Gasteiger partial charge in [0.2, 0.25) is 11.8 Å². The molecule has 0 bridgehead atoms. The van der Waals surface area contributed by atoms with Crippen LogP contribution in [0.25, 0.3) is 6.08 Å². The quantitative estimate of drug-likeness (QED) is 0.586. The van der Waals surface area contributed by atoms with Gasteiger partial charge in [0, 0.05) is 25.2 Å². The summed E-state index contributed by atoms with van der Waals surface area (Å²) in [6.45, 7) is 1.28. The van der Waals surface area contributed by atoms with Crippen LogP contribution in [0.4, 0.5) is 0 Å². The molecule has 1 saturated heterocycles. The number of nitrogens with zero attached hydrogens (tertiary/aromatic N) is 1. The van der Waals surface area contributed by atoms with Crippen molar-refractivity contribution in [1.29, 1.82) is 0 Å². The molecule has 162 valence electrons. The summed E-state index contributed by atoms with van der Waals surface area (Å²) in [6.07, 6.45) is 4.91. The SMILES string of the molecule is O=C(/C=C/c1ccccc1)NC1CCN(C(=O)C(c2ccccc2)c2ccccc2)CC1. The number of rotatable bonds is 6. The second-order valence-corrected chi connectivity index (χ2v) is 8.11. The first kappa shape index (κ1) is 21.6. The first-order chi connectivity index (χ1) is 15.7. The Labute approximate surface area is 189 Å². The topological polar surface area (TPSA) is 49.4 Å². The van der Waals surface area contributed by atoms with Crippen LogP contribution < -0.4 is 5.32 Å². The smallest absolute Gasteiger partial charge is 0.244 e. The molecule has 4 rings (SSSR count). The largest absolute Gasteiger partial charge is 0.350 e. The zero-order chi connectivity index (χ0) is 22.2. The van der Waals surface area contributed by atoms with Crippen molar-refractivity contribution in [2.45, 2.75) is 24.8 Å².